The molecule has 0 aromatic carbocycles. The molecule has 0 saturated heterocycles. The number of carbonyl (C=O) groups is 2. The Bertz CT molecular complexity index is 677. The molecule has 0 amide bonds. The third-order valence-corrected chi connectivity index (χ3v) is 8.50. The van der Waals surface area contributed by atoms with Crippen molar-refractivity contribution in [3.63, 3.8) is 0 Å². The largest absolute Gasteiger partial charge is 0.469 e. The normalized spacial score (nSPS) is 32.8. The molecule has 0 heterocycles. The smallest absolute Gasteiger partial charge is 0.308 e. The highest BCUT2D eigenvalue weighted by Gasteiger charge is 2.37. The Hall–Kier alpha value is -1.54. The molecule has 2 atom stereocenters. The van der Waals surface area contributed by atoms with E-state index < -0.39 is 0 Å². The number of methoxy groups -OCH3 is 2. The van der Waals surface area contributed by atoms with Crippen molar-refractivity contribution in [1.82, 2.24) is 0 Å². The summed E-state index contributed by atoms with van der Waals surface area (Å²) in [5.74, 6) is -0.282. The third-order valence-electron chi connectivity index (χ3n) is 8.50. The van der Waals surface area contributed by atoms with Gasteiger partial charge in [0.05, 0.1) is 50.3 Å². The molecule has 3 fully saturated rings. The van der Waals surface area contributed by atoms with Gasteiger partial charge in [-0.1, -0.05) is 19.8 Å². The predicted molar refractivity (Wildman–Crippen MR) is 141 cm³/mol. The Morgan fingerprint density at radius 1 is 0.622 bits per heavy atom. The summed E-state index contributed by atoms with van der Waals surface area (Å²) < 4.78 is 22.0. The average Bonchev–Trinajstić information content (AvgIpc) is 2.93. The molecule has 0 N–H and O–H groups in total. The molecular weight excluding hydrogens is 472 g/mol. The van der Waals surface area contributed by atoms with E-state index >= 15 is 0 Å². The monoisotopic (exact) mass is 522 g/mol. The Morgan fingerprint density at radius 3 is 1.57 bits per heavy atom. The molecule has 8 nitrogen and oxygen atoms in total. The Kier molecular flexibility index (Phi) is 13.3. The highest BCUT2D eigenvalue weighted by atomic mass is 16.5. The number of azo groups is 1. The second-order valence-corrected chi connectivity index (χ2v) is 11.5. The molecule has 212 valence electrons. The lowest BCUT2D eigenvalue weighted by Crippen LogP contribution is -2.36. The van der Waals surface area contributed by atoms with Crippen molar-refractivity contribution in [3.8, 4) is 0 Å². The number of esters is 2. The zero-order valence-electron chi connectivity index (χ0n) is 23.4. The highest BCUT2D eigenvalue weighted by Crippen LogP contribution is 2.33. The van der Waals surface area contributed by atoms with Gasteiger partial charge < -0.3 is 18.9 Å². The van der Waals surface area contributed by atoms with Gasteiger partial charge >= 0.3 is 11.9 Å². The summed E-state index contributed by atoms with van der Waals surface area (Å²) in [6.45, 7) is 3.81. The number of rotatable bonds is 13. The molecule has 3 aliphatic rings. The highest BCUT2D eigenvalue weighted by molar-refractivity contribution is 5.76. The minimum Gasteiger partial charge on any atom is -0.469 e. The summed E-state index contributed by atoms with van der Waals surface area (Å²) in [4.78, 5) is 24.0. The minimum atomic E-state index is -0.302. The maximum Gasteiger partial charge on any atom is 0.308 e. The summed E-state index contributed by atoms with van der Waals surface area (Å²) >= 11 is 0. The van der Waals surface area contributed by atoms with Gasteiger partial charge in [0.2, 0.25) is 0 Å². The van der Waals surface area contributed by atoms with Gasteiger partial charge in [0.15, 0.2) is 0 Å². The maximum atomic E-state index is 12.0. The lowest BCUT2D eigenvalue weighted by atomic mass is 9.79. The average molecular weight is 523 g/mol. The molecular formula is C29H50N2O6. The predicted octanol–water partition coefficient (Wildman–Crippen LogP) is 6.05. The van der Waals surface area contributed by atoms with Gasteiger partial charge in [-0.25, -0.2) is 0 Å². The fourth-order valence-electron chi connectivity index (χ4n) is 6.05. The second-order valence-electron chi connectivity index (χ2n) is 11.5. The van der Waals surface area contributed by atoms with Crippen LogP contribution in [0.5, 0.6) is 0 Å². The molecule has 3 rings (SSSR count). The van der Waals surface area contributed by atoms with Crippen LogP contribution in [0.2, 0.25) is 0 Å². The van der Waals surface area contributed by atoms with Crippen LogP contribution in [-0.4, -0.2) is 63.7 Å². The molecule has 0 aliphatic heterocycles. The van der Waals surface area contributed by atoms with Crippen molar-refractivity contribution in [2.45, 2.75) is 128 Å². The molecule has 0 radical (unpaired) electrons. The van der Waals surface area contributed by atoms with E-state index in [4.69, 9.17) is 18.9 Å². The van der Waals surface area contributed by atoms with E-state index in [0.29, 0.717) is 44.1 Å². The topological polar surface area (TPSA) is 95.8 Å². The van der Waals surface area contributed by atoms with Crippen molar-refractivity contribution in [3.05, 3.63) is 0 Å². The van der Waals surface area contributed by atoms with E-state index in [9.17, 15) is 9.59 Å². The molecule has 8 heteroatoms. The zero-order chi connectivity index (χ0) is 26.5. The first kappa shape index (κ1) is 30.0. The maximum absolute atomic E-state index is 12.0. The summed E-state index contributed by atoms with van der Waals surface area (Å²) in [7, 11) is 2.78. The summed E-state index contributed by atoms with van der Waals surface area (Å²) in [6.07, 6.45) is 15.6. The second kappa shape index (κ2) is 16.4. The van der Waals surface area contributed by atoms with Crippen LogP contribution in [0.25, 0.3) is 0 Å². The Balaban J connectivity index is 1.20. The minimum absolute atomic E-state index is 0.105. The van der Waals surface area contributed by atoms with Gasteiger partial charge in [0.1, 0.15) is 0 Å². The number of unbranched alkanes of at least 4 members (excludes halogenated alkanes) is 3. The van der Waals surface area contributed by atoms with Crippen LogP contribution in [0.3, 0.4) is 0 Å². The first-order valence-corrected chi connectivity index (χ1v) is 14.8. The van der Waals surface area contributed by atoms with Gasteiger partial charge in [0, 0.05) is 13.2 Å². The van der Waals surface area contributed by atoms with E-state index in [-0.39, 0.29) is 29.9 Å². The lowest BCUT2D eigenvalue weighted by molar-refractivity contribution is -0.156. The lowest BCUT2D eigenvalue weighted by Gasteiger charge is -2.32. The number of ether oxygens (including phenoxy) is 4. The molecule has 3 aliphatic carbocycles. The van der Waals surface area contributed by atoms with Crippen LogP contribution in [0.4, 0.5) is 0 Å². The van der Waals surface area contributed by atoms with E-state index in [1.165, 1.54) is 39.9 Å². The van der Waals surface area contributed by atoms with Crippen LogP contribution in [0, 0.1) is 17.8 Å². The van der Waals surface area contributed by atoms with E-state index in [1.807, 2.05) is 0 Å². The Morgan fingerprint density at radius 2 is 1.08 bits per heavy atom. The SMILES string of the molecule is COC(=O)C1CC(OCCCCCCOC2CCC(N=NC3CCC(C)CC3)CC2)CC(C(=O)OC)C1. The van der Waals surface area contributed by atoms with Crippen LogP contribution < -0.4 is 0 Å². The van der Waals surface area contributed by atoms with E-state index in [0.717, 1.165) is 63.9 Å². The molecule has 0 aromatic heterocycles. The first-order valence-electron chi connectivity index (χ1n) is 14.8. The molecule has 37 heavy (non-hydrogen) atoms. The summed E-state index contributed by atoms with van der Waals surface area (Å²) in [5.41, 5.74) is 0. The standard InChI is InChI=1S/C29H50N2O6/c1-21-8-10-24(11-9-21)30-31-25-12-14-26(15-13-25)36-16-6-4-5-7-17-37-27-19-22(28(32)34-2)18-23(20-27)29(33)35-3/h21-27H,4-20H2,1-3H3. The van der Waals surface area contributed by atoms with Crippen LogP contribution in [0.15, 0.2) is 10.2 Å². The third kappa shape index (κ3) is 10.6. The summed E-state index contributed by atoms with van der Waals surface area (Å²) in [6, 6.07) is 0.862. The molecule has 3 saturated carbocycles. The van der Waals surface area contributed by atoms with Crippen LogP contribution in [0.1, 0.15) is 103 Å². The van der Waals surface area contributed by atoms with Gasteiger partial charge in [-0.2, -0.15) is 10.2 Å². The summed E-state index contributed by atoms with van der Waals surface area (Å²) in [5, 5.41) is 9.35. The van der Waals surface area contributed by atoms with Crippen LogP contribution in [-0.2, 0) is 28.5 Å². The number of nitrogens with zero attached hydrogens (tertiary/aromatic N) is 2. The molecule has 2 unspecified atom stereocenters. The van der Waals surface area contributed by atoms with Gasteiger partial charge in [0.25, 0.3) is 0 Å². The van der Waals surface area contributed by atoms with Gasteiger partial charge in [-0.05, 0) is 89.4 Å². The van der Waals surface area contributed by atoms with Gasteiger partial charge in [-0.15, -0.1) is 0 Å². The van der Waals surface area contributed by atoms with Crippen molar-refractivity contribution >= 4 is 11.9 Å². The fraction of sp³-hybridized carbons (Fsp3) is 0.931. The first-order chi connectivity index (χ1) is 18.0. The van der Waals surface area contributed by atoms with Gasteiger partial charge in [-0.3, -0.25) is 9.59 Å². The fourth-order valence-corrected chi connectivity index (χ4v) is 6.05. The molecule has 0 aromatic rings. The number of hydrogen-bond acceptors (Lipinski definition) is 8. The van der Waals surface area contributed by atoms with Crippen LogP contribution >= 0.6 is 0 Å². The zero-order valence-corrected chi connectivity index (χ0v) is 23.4. The van der Waals surface area contributed by atoms with Crippen molar-refractivity contribution in [2.24, 2.45) is 28.0 Å². The van der Waals surface area contributed by atoms with E-state index in [1.54, 1.807) is 0 Å². The Labute approximate surface area is 223 Å². The van der Waals surface area contributed by atoms with Crippen molar-refractivity contribution in [1.29, 1.82) is 0 Å². The number of hydrogen-bond donors (Lipinski definition) is 0. The molecule has 0 bridgehead atoms. The molecule has 0 spiro atoms. The number of carbonyl (C=O) groups excluding carboxylic acids is 2. The van der Waals surface area contributed by atoms with Crippen molar-refractivity contribution in [2.75, 3.05) is 27.4 Å². The van der Waals surface area contributed by atoms with Crippen molar-refractivity contribution < 1.29 is 28.5 Å². The van der Waals surface area contributed by atoms with E-state index in [2.05, 4.69) is 17.2 Å². The quantitative estimate of drug-likeness (QED) is 0.166.